The second-order valence-corrected chi connectivity index (χ2v) is 6.27. The quantitative estimate of drug-likeness (QED) is 0.689. The van der Waals surface area contributed by atoms with Crippen molar-refractivity contribution in [3.05, 3.63) is 33.0 Å². The summed E-state index contributed by atoms with van der Waals surface area (Å²) in [6.45, 7) is 2.98. The first-order chi connectivity index (χ1) is 8.61. The second-order valence-electron chi connectivity index (χ2n) is 4.05. The van der Waals surface area contributed by atoms with Crippen LogP contribution in [0, 0.1) is 5.82 Å². The van der Waals surface area contributed by atoms with Gasteiger partial charge in [0.1, 0.15) is 5.82 Å². The number of nitrogens with one attached hydrogen (secondary N) is 1. The first-order valence-corrected chi connectivity index (χ1v) is 8.54. The molecule has 0 aliphatic carbocycles. The van der Waals surface area contributed by atoms with Gasteiger partial charge in [-0.15, -0.1) is 0 Å². The molecular formula is C13H18BrClFNS. The van der Waals surface area contributed by atoms with Gasteiger partial charge >= 0.3 is 0 Å². The fourth-order valence-electron chi connectivity index (χ4n) is 1.73. The molecule has 1 nitrogen and oxygen atoms in total. The third-order valence-corrected chi connectivity index (χ3v) is 4.59. The summed E-state index contributed by atoms with van der Waals surface area (Å²) < 4.78 is 14.8. The predicted octanol–water partition coefficient (Wildman–Crippen LogP) is 5.04. The zero-order valence-electron chi connectivity index (χ0n) is 10.6. The van der Waals surface area contributed by atoms with Crippen molar-refractivity contribution < 1.29 is 4.39 Å². The molecule has 0 fully saturated rings. The highest BCUT2D eigenvalue weighted by Gasteiger charge is 2.18. The Morgan fingerprint density at radius 1 is 1.50 bits per heavy atom. The highest BCUT2D eigenvalue weighted by Crippen LogP contribution is 2.31. The molecule has 0 radical (unpaired) electrons. The highest BCUT2D eigenvalue weighted by molar-refractivity contribution is 9.10. The minimum atomic E-state index is -0.319. The SMILES string of the molecule is CCCNC(CCSC)c1ccc(Br)c(Cl)c1F. The van der Waals surface area contributed by atoms with Gasteiger partial charge in [0.2, 0.25) is 0 Å². The topological polar surface area (TPSA) is 12.0 Å². The Kier molecular flexibility index (Phi) is 7.61. The van der Waals surface area contributed by atoms with Crippen LogP contribution in [0.5, 0.6) is 0 Å². The largest absolute Gasteiger partial charge is 0.310 e. The van der Waals surface area contributed by atoms with Gasteiger partial charge in [0.25, 0.3) is 0 Å². The van der Waals surface area contributed by atoms with E-state index in [1.54, 1.807) is 23.9 Å². The molecule has 0 aromatic heterocycles. The Labute approximate surface area is 126 Å². The van der Waals surface area contributed by atoms with E-state index in [4.69, 9.17) is 11.6 Å². The predicted molar refractivity (Wildman–Crippen MR) is 83.1 cm³/mol. The standard InChI is InChI=1S/C13H18BrClFNS/c1-3-7-17-11(6-8-18-2)9-4-5-10(14)12(15)13(9)16/h4-5,11,17H,3,6-8H2,1-2H3. The molecule has 0 saturated heterocycles. The number of hydrogen-bond acceptors (Lipinski definition) is 2. The molecule has 1 aromatic rings. The van der Waals surface area contributed by atoms with Gasteiger partial charge in [-0.05, 0) is 53.4 Å². The molecule has 0 spiro atoms. The van der Waals surface area contributed by atoms with E-state index in [-0.39, 0.29) is 16.9 Å². The molecular weight excluding hydrogens is 337 g/mol. The first kappa shape index (κ1) is 16.3. The summed E-state index contributed by atoms with van der Waals surface area (Å²) in [5.74, 6) is 0.676. The Morgan fingerprint density at radius 3 is 2.83 bits per heavy atom. The fourth-order valence-corrected chi connectivity index (χ4v) is 2.68. The zero-order chi connectivity index (χ0) is 13.5. The Balaban J connectivity index is 2.93. The van der Waals surface area contributed by atoms with Crippen molar-refractivity contribution in [2.75, 3.05) is 18.6 Å². The molecule has 5 heteroatoms. The molecule has 0 saturated carbocycles. The maximum Gasteiger partial charge on any atom is 0.147 e. The van der Waals surface area contributed by atoms with E-state index in [0.717, 1.165) is 25.1 Å². The summed E-state index contributed by atoms with van der Waals surface area (Å²) in [6, 6.07) is 3.64. The van der Waals surface area contributed by atoms with E-state index in [1.165, 1.54) is 0 Å². The van der Waals surface area contributed by atoms with Gasteiger partial charge in [0, 0.05) is 16.1 Å². The number of hydrogen-bond donors (Lipinski definition) is 1. The molecule has 1 unspecified atom stereocenters. The molecule has 1 aromatic carbocycles. The number of thioether (sulfide) groups is 1. The van der Waals surface area contributed by atoms with Crippen molar-refractivity contribution in [2.45, 2.75) is 25.8 Å². The van der Waals surface area contributed by atoms with Crippen LogP contribution in [-0.4, -0.2) is 18.6 Å². The van der Waals surface area contributed by atoms with Crippen LogP contribution in [0.25, 0.3) is 0 Å². The van der Waals surface area contributed by atoms with Gasteiger partial charge in [-0.1, -0.05) is 24.6 Å². The molecule has 1 atom stereocenters. The lowest BCUT2D eigenvalue weighted by atomic mass is 10.0. The summed E-state index contributed by atoms with van der Waals surface area (Å²) in [4.78, 5) is 0. The Bertz CT molecular complexity index is 381. The van der Waals surface area contributed by atoms with Gasteiger partial charge in [0.05, 0.1) is 5.02 Å². The van der Waals surface area contributed by atoms with Gasteiger partial charge in [-0.3, -0.25) is 0 Å². The number of halogens is 3. The maximum atomic E-state index is 14.2. The van der Waals surface area contributed by atoms with Crippen LogP contribution in [0.1, 0.15) is 31.4 Å². The summed E-state index contributed by atoms with van der Waals surface area (Å²) >= 11 is 10.9. The minimum absolute atomic E-state index is 0.0306. The number of benzene rings is 1. The lowest BCUT2D eigenvalue weighted by Gasteiger charge is -2.20. The summed E-state index contributed by atoms with van der Waals surface area (Å²) in [6.07, 6.45) is 3.99. The molecule has 1 rings (SSSR count). The van der Waals surface area contributed by atoms with E-state index in [9.17, 15) is 4.39 Å². The van der Waals surface area contributed by atoms with Crippen molar-refractivity contribution in [1.82, 2.24) is 5.32 Å². The van der Waals surface area contributed by atoms with E-state index < -0.39 is 0 Å². The maximum absolute atomic E-state index is 14.2. The Hall–Kier alpha value is 0.230. The van der Waals surface area contributed by atoms with Crippen LogP contribution in [-0.2, 0) is 0 Å². The summed E-state index contributed by atoms with van der Waals surface area (Å²) in [7, 11) is 0. The van der Waals surface area contributed by atoms with Crippen LogP contribution in [0.3, 0.4) is 0 Å². The normalized spacial score (nSPS) is 12.7. The second kappa shape index (κ2) is 8.41. The van der Waals surface area contributed by atoms with E-state index in [0.29, 0.717) is 10.0 Å². The van der Waals surface area contributed by atoms with Crippen LogP contribution in [0.4, 0.5) is 4.39 Å². The lowest BCUT2D eigenvalue weighted by molar-refractivity contribution is 0.491. The smallest absolute Gasteiger partial charge is 0.147 e. The van der Waals surface area contributed by atoms with Crippen LogP contribution in [0.15, 0.2) is 16.6 Å². The van der Waals surface area contributed by atoms with Crippen LogP contribution in [0.2, 0.25) is 5.02 Å². The van der Waals surface area contributed by atoms with Gasteiger partial charge in [-0.25, -0.2) is 4.39 Å². The molecule has 0 heterocycles. The van der Waals surface area contributed by atoms with Crippen molar-refractivity contribution >= 4 is 39.3 Å². The van der Waals surface area contributed by atoms with Crippen molar-refractivity contribution in [3.8, 4) is 0 Å². The minimum Gasteiger partial charge on any atom is -0.310 e. The lowest BCUT2D eigenvalue weighted by Crippen LogP contribution is -2.23. The molecule has 102 valence electrons. The fraction of sp³-hybridized carbons (Fsp3) is 0.538. The van der Waals surface area contributed by atoms with E-state index in [2.05, 4.69) is 34.4 Å². The number of rotatable bonds is 7. The molecule has 0 aliphatic rings. The molecule has 0 amide bonds. The molecule has 18 heavy (non-hydrogen) atoms. The molecule has 1 N–H and O–H groups in total. The molecule has 0 aliphatic heterocycles. The average Bonchev–Trinajstić information content (AvgIpc) is 2.37. The van der Waals surface area contributed by atoms with Crippen LogP contribution < -0.4 is 5.32 Å². The highest BCUT2D eigenvalue weighted by atomic mass is 79.9. The third-order valence-electron chi connectivity index (χ3n) is 2.69. The van der Waals surface area contributed by atoms with Crippen molar-refractivity contribution in [1.29, 1.82) is 0 Å². The van der Waals surface area contributed by atoms with Crippen LogP contribution >= 0.6 is 39.3 Å². The summed E-state index contributed by atoms with van der Waals surface area (Å²) in [5, 5.41) is 3.55. The van der Waals surface area contributed by atoms with Crippen molar-refractivity contribution in [3.63, 3.8) is 0 Å². The Morgan fingerprint density at radius 2 is 2.22 bits per heavy atom. The van der Waals surface area contributed by atoms with Gasteiger partial charge < -0.3 is 5.32 Å². The monoisotopic (exact) mass is 353 g/mol. The summed E-state index contributed by atoms with van der Waals surface area (Å²) in [5.41, 5.74) is 0.658. The van der Waals surface area contributed by atoms with Gasteiger partial charge in [0.15, 0.2) is 0 Å². The first-order valence-electron chi connectivity index (χ1n) is 5.97. The van der Waals surface area contributed by atoms with E-state index >= 15 is 0 Å². The van der Waals surface area contributed by atoms with Gasteiger partial charge in [-0.2, -0.15) is 11.8 Å². The average molecular weight is 355 g/mol. The van der Waals surface area contributed by atoms with Crippen molar-refractivity contribution in [2.24, 2.45) is 0 Å². The van der Waals surface area contributed by atoms with E-state index in [1.807, 2.05) is 0 Å². The third kappa shape index (κ3) is 4.41. The molecule has 0 bridgehead atoms. The zero-order valence-corrected chi connectivity index (χ0v) is 13.8.